The quantitative estimate of drug-likeness (QED) is 0.843. The minimum Gasteiger partial charge on any atom is -0.495 e. The SMILES string of the molecule is COc1c[nH]c(=O)c(OC(F)(F)F)c1CCl. The Kier molecular flexibility index (Phi) is 3.69. The summed E-state index contributed by atoms with van der Waals surface area (Å²) in [6, 6.07) is 0. The molecular formula is C8H7ClF3NO3. The van der Waals surface area contributed by atoms with E-state index in [1.54, 1.807) is 0 Å². The van der Waals surface area contributed by atoms with E-state index in [0.717, 1.165) is 6.20 Å². The molecule has 0 aliphatic heterocycles. The smallest absolute Gasteiger partial charge is 0.495 e. The number of hydrogen-bond acceptors (Lipinski definition) is 3. The maximum absolute atomic E-state index is 12.0. The van der Waals surface area contributed by atoms with Crippen LogP contribution in [-0.4, -0.2) is 18.5 Å². The Balaban J connectivity index is 3.29. The number of ether oxygens (including phenoxy) is 2. The maximum atomic E-state index is 12.0. The van der Waals surface area contributed by atoms with Crippen LogP contribution in [0.2, 0.25) is 0 Å². The van der Waals surface area contributed by atoms with Crippen molar-refractivity contribution in [3.05, 3.63) is 22.1 Å². The molecule has 0 spiro atoms. The van der Waals surface area contributed by atoms with Crippen LogP contribution in [0.5, 0.6) is 11.5 Å². The lowest BCUT2D eigenvalue weighted by atomic mass is 10.2. The van der Waals surface area contributed by atoms with Gasteiger partial charge in [0.1, 0.15) is 5.75 Å². The van der Waals surface area contributed by atoms with Crippen molar-refractivity contribution in [1.29, 1.82) is 0 Å². The fraction of sp³-hybridized carbons (Fsp3) is 0.375. The minimum atomic E-state index is -4.96. The number of rotatable bonds is 3. The molecule has 0 amide bonds. The van der Waals surface area contributed by atoms with E-state index in [9.17, 15) is 18.0 Å². The zero-order chi connectivity index (χ0) is 12.3. The molecule has 0 bridgehead atoms. The molecule has 1 aromatic rings. The first kappa shape index (κ1) is 12.7. The van der Waals surface area contributed by atoms with Crippen molar-refractivity contribution in [2.24, 2.45) is 0 Å². The van der Waals surface area contributed by atoms with Crippen LogP contribution in [-0.2, 0) is 5.88 Å². The molecule has 1 N–H and O–H groups in total. The molecule has 0 unspecified atom stereocenters. The molecule has 0 aliphatic rings. The highest BCUT2D eigenvalue weighted by molar-refractivity contribution is 6.17. The number of H-pyrrole nitrogens is 1. The summed E-state index contributed by atoms with van der Waals surface area (Å²) in [5.41, 5.74) is -1.17. The summed E-state index contributed by atoms with van der Waals surface area (Å²) in [5, 5.41) is 0. The van der Waals surface area contributed by atoms with Gasteiger partial charge in [0.05, 0.1) is 18.6 Å². The van der Waals surface area contributed by atoms with E-state index in [1.807, 2.05) is 0 Å². The maximum Gasteiger partial charge on any atom is 0.573 e. The first-order chi connectivity index (χ1) is 7.39. The largest absolute Gasteiger partial charge is 0.573 e. The number of hydrogen-bond donors (Lipinski definition) is 1. The first-order valence-electron chi connectivity index (χ1n) is 3.99. The second kappa shape index (κ2) is 4.65. The third kappa shape index (κ3) is 2.82. The molecule has 1 aromatic heterocycles. The van der Waals surface area contributed by atoms with Crippen LogP contribution in [0.1, 0.15) is 5.56 Å². The van der Waals surface area contributed by atoms with Gasteiger partial charge in [0.2, 0.25) is 5.75 Å². The van der Waals surface area contributed by atoms with Crippen molar-refractivity contribution in [1.82, 2.24) is 4.98 Å². The van der Waals surface area contributed by atoms with Crippen molar-refractivity contribution < 1.29 is 22.6 Å². The van der Waals surface area contributed by atoms with Crippen molar-refractivity contribution in [3.63, 3.8) is 0 Å². The highest BCUT2D eigenvalue weighted by Crippen LogP contribution is 2.29. The summed E-state index contributed by atoms with van der Waals surface area (Å²) < 4.78 is 44.4. The van der Waals surface area contributed by atoms with Crippen molar-refractivity contribution in [2.45, 2.75) is 12.2 Å². The summed E-state index contributed by atoms with van der Waals surface area (Å²) in [6.45, 7) is 0. The van der Waals surface area contributed by atoms with Crippen LogP contribution in [0.4, 0.5) is 13.2 Å². The Morgan fingerprint density at radius 1 is 1.50 bits per heavy atom. The van der Waals surface area contributed by atoms with E-state index in [0.29, 0.717) is 0 Å². The lowest BCUT2D eigenvalue weighted by molar-refractivity contribution is -0.275. The molecule has 90 valence electrons. The van der Waals surface area contributed by atoms with E-state index < -0.39 is 17.7 Å². The van der Waals surface area contributed by atoms with Gasteiger partial charge >= 0.3 is 6.36 Å². The fourth-order valence-corrected chi connectivity index (χ4v) is 1.32. The average Bonchev–Trinajstić information content (AvgIpc) is 2.19. The Morgan fingerprint density at radius 2 is 2.12 bits per heavy atom. The van der Waals surface area contributed by atoms with Gasteiger partial charge in [-0.25, -0.2) is 0 Å². The summed E-state index contributed by atoms with van der Waals surface area (Å²) in [6.07, 6.45) is -3.84. The number of alkyl halides is 4. The molecule has 0 aliphatic carbocycles. The van der Waals surface area contributed by atoms with Crippen LogP contribution < -0.4 is 15.0 Å². The number of nitrogens with one attached hydrogen (secondary N) is 1. The molecule has 0 aromatic carbocycles. The summed E-state index contributed by atoms with van der Waals surface area (Å²) in [4.78, 5) is 13.2. The molecule has 1 rings (SSSR count). The molecule has 1 heterocycles. The highest BCUT2D eigenvalue weighted by atomic mass is 35.5. The van der Waals surface area contributed by atoms with Crippen LogP contribution >= 0.6 is 11.6 Å². The van der Waals surface area contributed by atoms with E-state index in [4.69, 9.17) is 16.3 Å². The molecule has 0 radical (unpaired) electrons. The molecule has 16 heavy (non-hydrogen) atoms. The lowest BCUT2D eigenvalue weighted by Gasteiger charge is -2.13. The molecule has 0 atom stereocenters. The molecule has 0 saturated heterocycles. The van der Waals surface area contributed by atoms with E-state index in [2.05, 4.69) is 9.72 Å². The van der Waals surface area contributed by atoms with Crippen molar-refractivity contribution >= 4 is 11.6 Å². The van der Waals surface area contributed by atoms with Crippen LogP contribution in [0.15, 0.2) is 11.0 Å². The number of aromatic nitrogens is 1. The number of aromatic amines is 1. The topological polar surface area (TPSA) is 51.3 Å². The second-order valence-electron chi connectivity index (χ2n) is 2.68. The van der Waals surface area contributed by atoms with E-state index in [1.165, 1.54) is 7.11 Å². The monoisotopic (exact) mass is 257 g/mol. The average molecular weight is 258 g/mol. The normalized spacial score (nSPS) is 11.3. The predicted molar refractivity (Wildman–Crippen MR) is 49.9 cm³/mol. The Hall–Kier alpha value is -1.37. The Morgan fingerprint density at radius 3 is 2.56 bits per heavy atom. The van der Waals surface area contributed by atoms with Gasteiger partial charge in [0.15, 0.2) is 0 Å². The molecule has 0 fully saturated rings. The summed E-state index contributed by atoms with van der Waals surface area (Å²) >= 11 is 5.44. The standard InChI is InChI=1S/C8H7ClF3NO3/c1-15-5-3-13-7(14)6(4(5)2-9)16-8(10,11)12/h3H,2H2,1H3,(H,13,14). The first-order valence-corrected chi connectivity index (χ1v) is 4.52. The van der Waals surface area contributed by atoms with Gasteiger partial charge in [-0.2, -0.15) is 0 Å². The second-order valence-corrected chi connectivity index (χ2v) is 2.94. The zero-order valence-electron chi connectivity index (χ0n) is 8.02. The van der Waals surface area contributed by atoms with Gasteiger partial charge in [-0.15, -0.1) is 24.8 Å². The third-order valence-electron chi connectivity index (χ3n) is 1.68. The van der Waals surface area contributed by atoms with E-state index >= 15 is 0 Å². The Bertz CT molecular complexity index is 430. The molecule has 4 nitrogen and oxygen atoms in total. The number of pyridine rings is 1. The number of methoxy groups -OCH3 is 1. The van der Waals surface area contributed by atoms with Crippen molar-refractivity contribution in [2.75, 3.05) is 7.11 Å². The van der Waals surface area contributed by atoms with Gasteiger partial charge in [-0.05, 0) is 0 Å². The summed E-state index contributed by atoms with van der Waals surface area (Å²) in [7, 11) is 1.24. The summed E-state index contributed by atoms with van der Waals surface area (Å²) in [5.74, 6) is -1.21. The Labute approximate surface area is 92.9 Å². The van der Waals surface area contributed by atoms with Gasteiger partial charge in [0, 0.05) is 6.20 Å². The molecule has 0 saturated carbocycles. The molecular weight excluding hydrogens is 251 g/mol. The number of halogens is 4. The van der Waals surface area contributed by atoms with Crippen LogP contribution in [0.25, 0.3) is 0 Å². The van der Waals surface area contributed by atoms with Gasteiger partial charge in [-0.3, -0.25) is 4.79 Å². The predicted octanol–water partition coefficient (Wildman–Crippen LogP) is 2.02. The van der Waals surface area contributed by atoms with E-state index in [-0.39, 0.29) is 17.2 Å². The van der Waals surface area contributed by atoms with Crippen molar-refractivity contribution in [3.8, 4) is 11.5 Å². The minimum absolute atomic E-state index is 0.0221. The van der Waals surface area contributed by atoms with Gasteiger partial charge in [0.25, 0.3) is 5.56 Å². The highest BCUT2D eigenvalue weighted by Gasteiger charge is 2.34. The van der Waals surface area contributed by atoms with Gasteiger partial charge in [-0.1, -0.05) is 0 Å². The van der Waals surface area contributed by atoms with Gasteiger partial charge < -0.3 is 14.5 Å². The lowest BCUT2D eigenvalue weighted by Crippen LogP contribution is -2.24. The third-order valence-corrected chi connectivity index (χ3v) is 1.95. The zero-order valence-corrected chi connectivity index (χ0v) is 8.78. The molecule has 8 heteroatoms. The van der Waals surface area contributed by atoms with Crippen LogP contribution in [0, 0.1) is 0 Å². The van der Waals surface area contributed by atoms with Crippen LogP contribution in [0.3, 0.4) is 0 Å². The fourth-order valence-electron chi connectivity index (χ4n) is 1.07.